The molecular formula is C26H30N8O3. The van der Waals surface area contributed by atoms with Gasteiger partial charge in [0, 0.05) is 55.4 Å². The van der Waals surface area contributed by atoms with Crippen LogP contribution < -0.4 is 14.8 Å². The number of hydrogen-bond acceptors (Lipinski definition) is 8. The van der Waals surface area contributed by atoms with Crippen molar-refractivity contribution in [3.63, 3.8) is 0 Å². The van der Waals surface area contributed by atoms with E-state index in [1.807, 2.05) is 42.2 Å². The molecule has 2 fully saturated rings. The second-order valence-electron chi connectivity index (χ2n) is 9.62. The summed E-state index contributed by atoms with van der Waals surface area (Å²) in [5.74, 6) is 1.60. The van der Waals surface area contributed by atoms with Crippen molar-refractivity contribution in [2.75, 3.05) is 32.1 Å². The Bertz CT molecular complexity index is 1430. The zero-order valence-electron chi connectivity index (χ0n) is 21.2. The molecule has 192 valence electrons. The third-order valence-corrected chi connectivity index (χ3v) is 7.37. The summed E-state index contributed by atoms with van der Waals surface area (Å²) in [4.78, 5) is 15.3. The molecule has 1 amide bonds. The van der Waals surface area contributed by atoms with Gasteiger partial charge in [-0.1, -0.05) is 6.92 Å². The number of pyridine rings is 1. The number of anilines is 1. The lowest BCUT2D eigenvalue weighted by atomic mass is 10.0. The van der Waals surface area contributed by atoms with Crippen LogP contribution in [0.1, 0.15) is 31.4 Å². The second kappa shape index (κ2) is 9.47. The molecule has 4 aromatic heterocycles. The molecule has 0 radical (unpaired) electrons. The van der Waals surface area contributed by atoms with Gasteiger partial charge in [-0.2, -0.15) is 15.3 Å². The van der Waals surface area contributed by atoms with E-state index in [9.17, 15) is 4.79 Å². The van der Waals surface area contributed by atoms with Crippen LogP contribution in [-0.4, -0.2) is 73.2 Å². The fraction of sp³-hybridized carbons (Fsp3) is 0.423. The number of carbonyl (C=O) groups is 1. The molecule has 0 unspecified atom stereocenters. The van der Waals surface area contributed by atoms with E-state index < -0.39 is 0 Å². The molecule has 11 nitrogen and oxygen atoms in total. The molecule has 0 aromatic carbocycles. The van der Waals surface area contributed by atoms with E-state index in [0.717, 1.165) is 54.1 Å². The second-order valence-corrected chi connectivity index (χ2v) is 9.62. The predicted octanol–water partition coefficient (Wildman–Crippen LogP) is 2.75. The van der Waals surface area contributed by atoms with Gasteiger partial charge in [-0.25, -0.2) is 4.52 Å². The first kappa shape index (κ1) is 23.4. The van der Waals surface area contributed by atoms with Crippen LogP contribution in [0.25, 0.3) is 16.8 Å². The van der Waals surface area contributed by atoms with Crippen molar-refractivity contribution < 1.29 is 14.3 Å². The van der Waals surface area contributed by atoms with Crippen LogP contribution in [0.5, 0.6) is 11.6 Å². The molecule has 3 atom stereocenters. The summed E-state index contributed by atoms with van der Waals surface area (Å²) in [5.41, 5.74) is 3.55. The van der Waals surface area contributed by atoms with E-state index >= 15 is 0 Å². The maximum atomic E-state index is 12.8. The first-order valence-corrected chi connectivity index (χ1v) is 12.6. The number of aryl methyl sites for hydroxylation is 1. The van der Waals surface area contributed by atoms with Crippen LogP contribution in [0.2, 0.25) is 0 Å². The zero-order valence-corrected chi connectivity index (χ0v) is 21.2. The predicted molar refractivity (Wildman–Crippen MR) is 137 cm³/mol. The molecule has 0 spiro atoms. The molecule has 1 N–H and O–H groups in total. The summed E-state index contributed by atoms with van der Waals surface area (Å²) < 4.78 is 14.8. The standard InChI is InChI=1S/C26H30N8O3/c1-4-33-9-8-17(33)15-37-22-14-27-32(2)25(22)16-7-10-34-18(11-16)12-23(31-34)28-26(35)20-13-19(20)21-5-6-24(36-3)30-29-21/h5-7,10-12,14,17,19-20H,4,8-9,13,15H2,1-3H3,(H,28,31,35)/t17-,19+,20-/m1/s1. The maximum Gasteiger partial charge on any atom is 0.233 e. The summed E-state index contributed by atoms with van der Waals surface area (Å²) in [5, 5.41) is 20.1. The van der Waals surface area contributed by atoms with Crippen molar-refractivity contribution in [1.29, 1.82) is 0 Å². The number of likely N-dealkylation sites (tertiary alicyclic amines) is 1. The van der Waals surface area contributed by atoms with Gasteiger partial charge < -0.3 is 14.8 Å². The number of fused-ring (bicyclic) bond motifs is 1. The summed E-state index contributed by atoms with van der Waals surface area (Å²) in [6.07, 6.45) is 5.56. The minimum atomic E-state index is -0.142. The number of nitrogens with zero attached hydrogens (tertiary/aromatic N) is 7. The Labute approximate surface area is 214 Å². The minimum Gasteiger partial charge on any atom is -0.488 e. The molecule has 37 heavy (non-hydrogen) atoms. The first-order valence-electron chi connectivity index (χ1n) is 12.6. The first-order chi connectivity index (χ1) is 18.0. The number of aromatic nitrogens is 6. The molecule has 5 heterocycles. The van der Waals surface area contributed by atoms with Gasteiger partial charge in [-0.3, -0.25) is 14.4 Å². The molecule has 1 aliphatic heterocycles. The molecule has 6 rings (SSSR count). The molecular weight excluding hydrogens is 472 g/mol. The highest BCUT2D eigenvalue weighted by Crippen LogP contribution is 2.47. The number of methoxy groups -OCH3 is 1. The summed E-state index contributed by atoms with van der Waals surface area (Å²) in [7, 11) is 3.46. The Hall–Kier alpha value is -3.99. The number of hydrogen-bond donors (Lipinski definition) is 1. The fourth-order valence-electron chi connectivity index (χ4n) is 5.01. The van der Waals surface area contributed by atoms with Gasteiger partial charge in [0.15, 0.2) is 11.6 Å². The van der Waals surface area contributed by atoms with Crippen LogP contribution in [-0.2, 0) is 11.8 Å². The van der Waals surface area contributed by atoms with Gasteiger partial charge in [0.05, 0.1) is 24.5 Å². The normalized spacial score (nSPS) is 21.0. The van der Waals surface area contributed by atoms with Crippen LogP contribution >= 0.6 is 0 Å². The van der Waals surface area contributed by atoms with Crippen molar-refractivity contribution in [3.05, 3.63) is 48.4 Å². The Morgan fingerprint density at radius 3 is 2.84 bits per heavy atom. The third kappa shape index (κ3) is 4.50. The van der Waals surface area contributed by atoms with Gasteiger partial charge in [0.25, 0.3) is 0 Å². The van der Waals surface area contributed by atoms with E-state index in [2.05, 4.69) is 37.5 Å². The zero-order chi connectivity index (χ0) is 25.5. The third-order valence-electron chi connectivity index (χ3n) is 7.37. The topological polar surface area (TPSA) is 112 Å². The number of amides is 1. The summed E-state index contributed by atoms with van der Waals surface area (Å²) in [6.45, 7) is 5.01. The van der Waals surface area contributed by atoms with E-state index in [-0.39, 0.29) is 17.7 Å². The van der Waals surface area contributed by atoms with E-state index in [1.165, 1.54) is 0 Å². The van der Waals surface area contributed by atoms with Crippen molar-refractivity contribution in [3.8, 4) is 22.9 Å². The van der Waals surface area contributed by atoms with E-state index in [4.69, 9.17) is 9.47 Å². The number of ether oxygens (including phenoxy) is 2. The quantitative estimate of drug-likeness (QED) is 0.372. The van der Waals surface area contributed by atoms with Gasteiger partial charge in [0.2, 0.25) is 11.8 Å². The van der Waals surface area contributed by atoms with Gasteiger partial charge in [-0.15, -0.1) is 5.10 Å². The van der Waals surface area contributed by atoms with Crippen molar-refractivity contribution in [2.45, 2.75) is 31.7 Å². The Morgan fingerprint density at radius 2 is 2.11 bits per heavy atom. The van der Waals surface area contributed by atoms with Crippen LogP contribution in [0.3, 0.4) is 0 Å². The number of likely N-dealkylation sites (N-methyl/N-ethyl adjacent to an activating group) is 1. The fourth-order valence-corrected chi connectivity index (χ4v) is 5.01. The van der Waals surface area contributed by atoms with Gasteiger partial charge in [-0.05, 0) is 37.6 Å². The molecule has 2 aliphatic rings. The number of rotatable bonds is 9. The molecule has 1 aliphatic carbocycles. The SMILES string of the molecule is CCN1CC[C@@H]1COc1cnn(C)c1-c1ccn2nc(NC(=O)[C@@H]3C[C@@H]3c3ccc(OC)nn3)cc2c1. The van der Waals surface area contributed by atoms with Gasteiger partial charge >= 0.3 is 0 Å². The molecule has 4 aromatic rings. The summed E-state index contributed by atoms with van der Waals surface area (Å²) >= 11 is 0. The van der Waals surface area contributed by atoms with Crippen molar-refractivity contribution in [2.24, 2.45) is 13.0 Å². The minimum absolute atomic E-state index is 0.0642. The molecule has 11 heteroatoms. The Kier molecular flexibility index (Phi) is 5.99. The van der Waals surface area contributed by atoms with Gasteiger partial charge in [0.1, 0.15) is 12.3 Å². The molecule has 1 saturated heterocycles. The van der Waals surface area contributed by atoms with E-state index in [0.29, 0.717) is 24.3 Å². The molecule has 1 saturated carbocycles. The largest absolute Gasteiger partial charge is 0.488 e. The average Bonchev–Trinajstić information content (AvgIpc) is 3.47. The maximum absolute atomic E-state index is 12.8. The van der Waals surface area contributed by atoms with Crippen LogP contribution in [0.4, 0.5) is 5.82 Å². The number of carbonyl (C=O) groups excluding carboxylic acids is 1. The lowest BCUT2D eigenvalue weighted by Gasteiger charge is -2.39. The highest BCUT2D eigenvalue weighted by Gasteiger charge is 2.45. The average molecular weight is 503 g/mol. The van der Waals surface area contributed by atoms with Crippen LogP contribution in [0, 0.1) is 5.92 Å². The van der Waals surface area contributed by atoms with E-state index in [1.54, 1.807) is 23.9 Å². The summed E-state index contributed by atoms with van der Waals surface area (Å²) in [6, 6.07) is 9.97. The highest BCUT2D eigenvalue weighted by molar-refractivity contribution is 5.95. The number of nitrogens with one attached hydrogen (secondary N) is 1. The Balaban J connectivity index is 1.14. The smallest absolute Gasteiger partial charge is 0.233 e. The van der Waals surface area contributed by atoms with Crippen LogP contribution in [0.15, 0.2) is 42.7 Å². The lowest BCUT2D eigenvalue weighted by Crippen LogP contribution is -2.50. The lowest BCUT2D eigenvalue weighted by molar-refractivity contribution is -0.117. The monoisotopic (exact) mass is 502 g/mol. The Morgan fingerprint density at radius 1 is 1.22 bits per heavy atom. The van der Waals surface area contributed by atoms with Crippen molar-refractivity contribution in [1.82, 2.24) is 34.5 Å². The molecule has 0 bridgehead atoms. The van der Waals surface area contributed by atoms with Crippen molar-refractivity contribution >= 4 is 17.2 Å². The highest BCUT2D eigenvalue weighted by atomic mass is 16.5.